The van der Waals surface area contributed by atoms with Crippen LogP contribution in [0.3, 0.4) is 0 Å². The Kier molecular flexibility index (Phi) is 3.49. The molecule has 0 radical (unpaired) electrons. The minimum absolute atomic E-state index is 0.181. The van der Waals surface area contributed by atoms with Crippen LogP contribution in [0, 0.1) is 5.41 Å². The van der Waals surface area contributed by atoms with E-state index < -0.39 is 5.60 Å². The average molecular weight is 268 g/mol. The molecule has 0 aromatic rings. The van der Waals surface area contributed by atoms with Crippen molar-refractivity contribution in [3.05, 3.63) is 0 Å². The zero-order valence-electron chi connectivity index (χ0n) is 12.4. The van der Waals surface area contributed by atoms with E-state index in [-0.39, 0.29) is 17.4 Å². The minimum Gasteiger partial charge on any atom is -0.444 e. The fourth-order valence-electron chi connectivity index (χ4n) is 2.99. The average Bonchev–Trinajstić information content (AvgIpc) is 2.56. The van der Waals surface area contributed by atoms with Crippen LogP contribution in [-0.4, -0.2) is 54.1 Å². The third-order valence-electron chi connectivity index (χ3n) is 3.95. The topological polar surface area (TPSA) is 49.9 Å². The first kappa shape index (κ1) is 14.2. The lowest BCUT2D eigenvalue weighted by molar-refractivity contribution is -0.137. The molecule has 2 fully saturated rings. The predicted octanol–water partition coefficient (Wildman–Crippen LogP) is 1.87. The molecule has 19 heavy (non-hydrogen) atoms. The largest absolute Gasteiger partial charge is 0.444 e. The van der Waals surface area contributed by atoms with Gasteiger partial charge in [0.25, 0.3) is 0 Å². The number of hydrogen-bond donors (Lipinski definition) is 0. The second-order valence-corrected chi connectivity index (χ2v) is 6.76. The molecule has 0 aliphatic carbocycles. The summed E-state index contributed by atoms with van der Waals surface area (Å²) in [5.74, 6) is 0.181. The number of carbonyl (C=O) groups is 2. The number of ether oxygens (including phenoxy) is 1. The van der Waals surface area contributed by atoms with Crippen molar-refractivity contribution in [1.29, 1.82) is 0 Å². The van der Waals surface area contributed by atoms with Crippen LogP contribution in [-0.2, 0) is 9.53 Å². The normalized spacial score (nSPS) is 28.1. The Labute approximate surface area is 114 Å². The van der Waals surface area contributed by atoms with Gasteiger partial charge in [0.15, 0.2) is 0 Å². The number of carbonyl (C=O) groups excluding carboxylic acids is 2. The molecule has 0 saturated carbocycles. The highest BCUT2D eigenvalue weighted by Crippen LogP contribution is 2.39. The third-order valence-corrected chi connectivity index (χ3v) is 3.95. The maximum absolute atomic E-state index is 12.3. The van der Waals surface area contributed by atoms with Crippen molar-refractivity contribution in [2.45, 2.75) is 45.6 Å². The summed E-state index contributed by atoms with van der Waals surface area (Å²) >= 11 is 0. The predicted molar refractivity (Wildman–Crippen MR) is 71.7 cm³/mol. The maximum Gasteiger partial charge on any atom is 0.410 e. The third kappa shape index (κ3) is 2.85. The van der Waals surface area contributed by atoms with Gasteiger partial charge >= 0.3 is 6.09 Å². The number of piperidine rings is 1. The molecule has 2 rings (SSSR count). The quantitative estimate of drug-likeness (QED) is 0.674. The summed E-state index contributed by atoms with van der Waals surface area (Å²) in [6.07, 6.45) is 2.31. The molecule has 1 spiro atoms. The van der Waals surface area contributed by atoms with E-state index in [2.05, 4.69) is 0 Å². The van der Waals surface area contributed by atoms with Crippen molar-refractivity contribution < 1.29 is 14.3 Å². The summed E-state index contributed by atoms with van der Waals surface area (Å²) in [5, 5.41) is 0. The van der Waals surface area contributed by atoms with Gasteiger partial charge in [0.05, 0.1) is 5.41 Å². The molecule has 108 valence electrons. The van der Waals surface area contributed by atoms with Crippen LogP contribution in [0.1, 0.15) is 40.0 Å². The van der Waals surface area contributed by atoms with Crippen LogP contribution in [0.4, 0.5) is 4.79 Å². The van der Waals surface area contributed by atoms with E-state index in [1.54, 1.807) is 9.80 Å². The molecule has 2 saturated heterocycles. The summed E-state index contributed by atoms with van der Waals surface area (Å²) in [4.78, 5) is 27.9. The van der Waals surface area contributed by atoms with Gasteiger partial charge in [-0.2, -0.15) is 0 Å². The van der Waals surface area contributed by atoms with E-state index in [0.717, 1.165) is 25.8 Å². The first-order chi connectivity index (χ1) is 8.73. The van der Waals surface area contributed by atoms with Crippen LogP contribution >= 0.6 is 0 Å². The van der Waals surface area contributed by atoms with E-state index in [4.69, 9.17) is 4.74 Å². The Morgan fingerprint density at radius 3 is 2.47 bits per heavy atom. The molecule has 5 nitrogen and oxygen atoms in total. The summed E-state index contributed by atoms with van der Waals surface area (Å²) in [6.45, 7) is 7.57. The molecule has 2 amide bonds. The van der Waals surface area contributed by atoms with E-state index >= 15 is 0 Å². The van der Waals surface area contributed by atoms with Gasteiger partial charge in [-0.05, 0) is 40.0 Å². The van der Waals surface area contributed by atoms with Crippen LogP contribution in [0.5, 0.6) is 0 Å². The fourth-order valence-corrected chi connectivity index (χ4v) is 2.99. The van der Waals surface area contributed by atoms with Gasteiger partial charge in [-0.15, -0.1) is 0 Å². The molecule has 0 aromatic carbocycles. The monoisotopic (exact) mass is 268 g/mol. The SMILES string of the molecule is CN1CCC2(CCCN(C(=O)OC(C)(C)C)C2)C1=O. The number of rotatable bonds is 0. The zero-order valence-corrected chi connectivity index (χ0v) is 12.4. The fraction of sp³-hybridized carbons (Fsp3) is 0.857. The summed E-state index contributed by atoms with van der Waals surface area (Å²) in [6, 6.07) is 0. The van der Waals surface area contributed by atoms with E-state index in [0.29, 0.717) is 13.1 Å². The van der Waals surface area contributed by atoms with Crippen LogP contribution in [0.15, 0.2) is 0 Å². The number of amides is 2. The molecule has 0 aromatic heterocycles. The second kappa shape index (κ2) is 4.69. The zero-order chi connectivity index (χ0) is 14.3. The lowest BCUT2D eigenvalue weighted by atomic mass is 9.78. The molecule has 2 heterocycles. The minimum atomic E-state index is -0.488. The molecule has 0 N–H and O–H groups in total. The number of hydrogen-bond acceptors (Lipinski definition) is 3. The summed E-state index contributed by atoms with van der Waals surface area (Å²) < 4.78 is 5.40. The Balaban J connectivity index is 2.06. The molecule has 0 bridgehead atoms. The van der Waals surface area contributed by atoms with Gasteiger partial charge in [0, 0.05) is 26.7 Å². The Bertz CT molecular complexity index is 385. The molecular formula is C14H24N2O3. The first-order valence-corrected chi connectivity index (χ1v) is 6.97. The number of nitrogens with zero attached hydrogens (tertiary/aromatic N) is 2. The summed E-state index contributed by atoms with van der Waals surface area (Å²) in [7, 11) is 1.84. The van der Waals surface area contributed by atoms with Gasteiger partial charge in [0.1, 0.15) is 5.60 Å². The van der Waals surface area contributed by atoms with Crippen molar-refractivity contribution in [3.8, 4) is 0 Å². The molecule has 2 aliphatic heterocycles. The van der Waals surface area contributed by atoms with Crippen molar-refractivity contribution >= 4 is 12.0 Å². The van der Waals surface area contributed by atoms with Gasteiger partial charge in [-0.25, -0.2) is 4.79 Å². The van der Waals surface area contributed by atoms with Crippen molar-refractivity contribution in [3.63, 3.8) is 0 Å². The lowest BCUT2D eigenvalue weighted by Crippen LogP contribution is -2.50. The molecule has 2 aliphatic rings. The first-order valence-electron chi connectivity index (χ1n) is 6.97. The van der Waals surface area contributed by atoms with Gasteiger partial charge in [-0.3, -0.25) is 4.79 Å². The Hall–Kier alpha value is -1.26. The highest BCUT2D eigenvalue weighted by molar-refractivity contribution is 5.85. The lowest BCUT2D eigenvalue weighted by Gasteiger charge is -2.39. The van der Waals surface area contributed by atoms with E-state index in [1.165, 1.54) is 0 Å². The Morgan fingerprint density at radius 2 is 1.95 bits per heavy atom. The highest BCUT2D eigenvalue weighted by atomic mass is 16.6. The van der Waals surface area contributed by atoms with E-state index in [1.807, 2.05) is 27.8 Å². The second-order valence-electron chi connectivity index (χ2n) is 6.76. The molecular weight excluding hydrogens is 244 g/mol. The molecule has 5 heteroatoms. The van der Waals surface area contributed by atoms with Crippen molar-refractivity contribution in [2.75, 3.05) is 26.7 Å². The van der Waals surface area contributed by atoms with Crippen LogP contribution in [0.25, 0.3) is 0 Å². The smallest absolute Gasteiger partial charge is 0.410 e. The van der Waals surface area contributed by atoms with Crippen molar-refractivity contribution in [2.24, 2.45) is 5.41 Å². The Morgan fingerprint density at radius 1 is 1.26 bits per heavy atom. The summed E-state index contributed by atoms with van der Waals surface area (Å²) in [5.41, 5.74) is -0.845. The highest BCUT2D eigenvalue weighted by Gasteiger charge is 2.48. The van der Waals surface area contributed by atoms with Gasteiger partial charge in [-0.1, -0.05) is 0 Å². The van der Waals surface area contributed by atoms with Crippen LogP contribution in [0.2, 0.25) is 0 Å². The van der Waals surface area contributed by atoms with Gasteiger partial charge in [0.2, 0.25) is 5.91 Å². The molecule has 1 unspecified atom stereocenters. The van der Waals surface area contributed by atoms with Crippen LogP contribution < -0.4 is 0 Å². The number of likely N-dealkylation sites (tertiary alicyclic amines) is 2. The van der Waals surface area contributed by atoms with Crippen molar-refractivity contribution in [1.82, 2.24) is 9.80 Å². The van der Waals surface area contributed by atoms with E-state index in [9.17, 15) is 9.59 Å². The maximum atomic E-state index is 12.3. The standard InChI is InChI=1S/C14H24N2O3/c1-13(2,3)19-12(18)16-8-5-6-14(10-16)7-9-15(4)11(14)17/h5-10H2,1-4H3. The molecule has 1 atom stereocenters. The van der Waals surface area contributed by atoms with Gasteiger partial charge < -0.3 is 14.5 Å².